The van der Waals surface area contributed by atoms with E-state index in [-0.39, 0.29) is 0 Å². The van der Waals surface area contributed by atoms with E-state index >= 15 is 0 Å². The smallest absolute Gasteiger partial charge is 0.114 e. The van der Waals surface area contributed by atoms with Crippen LogP contribution in [0, 0.1) is 5.41 Å². The second-order valence-electron chi connectivity index (χ2n) is 6.17. The largest absolute Gasteiger partial charge is 0.508 e. The number of aliphatic hydroxyl groups is 1. The van der Waals surface area contributed by atoms with E-state index in [0.717, 1.165) is 12.8 Å². The zero-order valence-electron chi connectivity index (χ0n) is 13.2. The molecule has 1 N–H and O–H groups in total. The Morgan fingerprint density at radius 2 is 1.58 bits per heavy atom. The molecule has 1 rings (SSSR count). The van der Waals surface area contributed by atoms with Crippen LogP contribution in [0.5, 0.6) is 0 Å². The summed E-state index contributed by atoms with van der Waals surface area (Å²) in [6.07, 6.45) is 16.6. The lowest BCUT2D eigenvalue weighted by molar-refractivity contribution is 0.279. The molecule has 19 heavy (non-hydrogen) atoms. The number of allylic oxidation sites excluding steroid dienone is 3. The van der Waals surface area contributed by atoms with Crippen molar-refractivity contribution in [2.24, 2.45) is 5.41 Å². The summed E-state index contributed by atoms with van der Waals surface area (Å²) in [7, 11) is 0. The third-order valence-electron chi connectivity index (χ3n) is 4.41. The fourth-order valence-corrected chi connectivity index (χ4v) is 3.08. The van der Waals surface area contributed by atoms with Crippen LogP contribution in [0.1, 0.15) is 85.0 Å². The van der Waals surface area contributed by atoms with E-state index in [1.54, 1.807) is 0 Å². The monoisotopic (exact) mass is 264 g/mol. The molecule has 0 amide bonds. The highest BCUT2D eigenvalue weighted by Gasteiger charge is 2.30. The molecule has 0 unspecified atom stereocenters. The van der Waals surface area contributed by atoms with Crippen LogP contribution in [-0.4, -0.2) is 5.11 Å². The van der Waals surface area contributed by atoms with Crippen molar-refractivity contribution in [1.29, 1.82) is 0 Å². The van der Waals surface area contributed by atoms with Crippen molar-refractivity contribution in [3.63, 3.8) is 0 Å². The normalized spacial score (nSPS) is 18.1. The van der Waals surface area contributed by atoms with Gasteiger partial charge in [-0.2, -0.15) is 0 Å². The molecule has 0 fully saturated rings. The summed E-state index contributed by atoms with van der Waals surface area (Å²) in [6, 6.07) is 0. The first kappa shape index (κ1) is 16.3. The van der Waals surface area contributed by atoms with Crippen molar-refractivity contribution < 1.29 is 5.11 Å². The van der Waals surface area contributed by atoms with E-state index in [1.807, 2.05) is 6.08 Å². The molecule has 110 valence electrons. The molecule has 1 nitrogen and oxygen atoms in total. The molecule has 0 bridgehead atoms. The summed E-state index contributed by atoms with van der Waals surface area (Å²) in [5.41, 5.74) is 1.64. The van der Waals surface area contributed by atoms with Crippen LogP contribution in [0.4, 0.5) is 0 Å². The number of hydrogen-bond acceptors (Lipinski definition) is 1. The zero-order valence-corrected chi connectivity index (χ0v) is 13.2. The lowest BCUT2D eigenvalue weighted by atomic mass is 9.70. The minimum atomic E-state index is 0.335. The van der Waals surface area contributed by atoms with Gasteiger partial charge in [0.25, 0.3) is 0 Å². The Morgan fingerprint density at radius 3 is 2.11 bits per heavy atom. The van der Waals surface area contributed by atoms with E-state index in [4.69, 9.17) is 0 Å². The van der Waals surface area contributed by atoms with E-state index in [1.165, 1.54) is 56.9 Å². The maximum absolute atomic E-state index is 10.1. The third-order valence-corrected chi connectivity index (χ3v) is 4.41. The van der Waals surface area contributed by atoms with Crippen LogP contribution in [0.25, 0.3) is 0 Å². The minimum absolute atomic E-state index is 0.335. The molecule has 1 heteroatoms. The van der Waals surface area contributed by atoms with Gasteiger partial charge >= 0.3 is 0 Å². The third kappa shape index (κ3) is 5.04. The van der Waals surface area contributed by atoms with E-state index in [9.17, 15) is 5.11 Å². The van der Waals surface area contributed by atoms with Gasteiger partial charge in [0.2, 0.25) is 0 Å². The second kappa shape index (κ2) is 8.45. The average Bonchev–Trinajstić information content (AvgIpc) is 2.44. The highest BCUT2D eigenvalue weighted by molar-refractivity contribution is 5.28. The lowest BCUT2D eigenvalue weighted by Gasteiger charge is -2.35. The van der Waals surface area contributed by atoms with Crippen molar-refractivity contribution in [3.8, 4) is 0 Å². The van der Waals surface area contributed by atoms with Gasteiger partial charge in [0.1, 0.15) is 5.76 Å². The van der Waals surface area contributed by atoms with E-state index in [0.29, 0.717) is 11.2 Å². The summed E-state index contributed by atoms with van der Waals surface area (Å²) in [5, 5.41) is 10.1. The predicted molar refractivity (Wildman–Crippen MR) is 84.4 cm³/mol. The van der Waals surface area contributed by atoms with Crippen LogP contribution in [0.3, 0.4) is 0 Å². The summed E-state index contributed by atoms with van der Waals surface area (Å²) >= 11 is 0. The Hall–Kier alpha value is -0.720. The number of hydrogen-bond donors (Lipinski definition) is 1. The van der Waals surface area contributed by atoms with Gasteiger partial charge in [-0.1, -0.05) is 59.0 Å². The van der Waals surface area contributed by atoms with Crippen molar-refractivity contribution >= 4 is 0 Å². The number of unbranched alkanes of at least 4 members (excludes halogenated alkanes) is 3. The van der Waals surface area contributed by atoms with Gasteiger partial charge in [0.05, 0.1) is 0 Å². The fourth-order valence-electron chi connectivity index (χ4n) is 3.08. The first-order valence-electron chi connectivity index (χ1n) is 8.27. The Morgan fingerprint density at radius 1 is 1.00 bits per heavy atom. The van der Waals surface area contributed by atoms with Gasteiger partial charge in [-0.15, -0.1) is 0 Å². The quantitative estimate of drug-likeness (QED) is 0.517. The van der Waals surface area contributed by atoms with Crippen LogP contribution in [-0.2, 0) is 0 Å². The van der Waals surface area contributed by atoms with E-state index < -0.39 is 0 Å². The van der Waals surface area contributed by atoms with Gasteiger partial charge in [-0.05, 0) is 49.2 Å². The number of rotatable bonds is 9. The van der Waals surface area contributed by atoms with Crippen LogP contribution in [0.2, 0.25) is 0 Å². The summed E-state index contributed by atoms with van der Waals surface area (Å²) in [4.78, 5) is 0. The molecule has 0 heterocycles. The Bertz CT molecular complexity index is 304. The Kier molecular flexibility index (Phi) is 7.27. The van der Waals surface area contributed by atoms with Gasteiger partial charge in [0.15, 0.2) is 0 Å². The predicted octanol–water partition coefficient (Wildman–Crippen LogP) is 6.32. The number of aliphatic hydroxyl groups excluding tert-OH is 1. The lowest BCUT2D eigenvalue weighted by Crippen LogP contribution is -2.22. The van der Waals surface area contributed by atoms with Crippen molar-refractivity contribution in [2.45, 2.75) is 85.0 Å². The van der Waals surface area contributed by atoms with Gasteiger partial charge in [-0.3, -0.25) is 0 Å². The molecule has 0 saturated heterocycles. The maximum atomic E-state index is 10.1. The van der Waals surface area contributed by atoms with Gasteiger partial charge < -0.3 is 5.11 Å². The standard InChI is InChI=1S/C18H32O/c1-4-7-10-16-15-18(12-8-5-2,13-9-6-3)14-11-17(16)19/h11,14,19H,4-10,12-13,15H2,1-3H3. The molecule has 0 spiro atoms. The average molecular weight is 264 g/mol. The molecule has 0 aromatic rings. The highest BCUT2D eigenvalue weighted by Crippen LogP contribution is 2.43. The molecular weight excluding hydrogens is 232 g/mol. The first-order chi connectivity index (χ1) is 9.17. The second-order valence-corrected chi connectivity index (χ2v) is 6.17. The van der Waals surface area contributed by atoms with Crippen LogP contribution in [0.15, 0.2) is 23.5 Å². The molecule has 0 aromatic carbocycles. The van der Waals surface area contributed by atoms with Crippen molar-refractivity contribution in [1.82, 2.24) is 0 Å². The molecule has 0 atom stereocenters. The SMILES string of the molecule is CCCCC1=C(O)C=CC(CCCC)(CCCC)C1. The summed E-state index contributed by atoms with van der Waals surface area (Å²) < 4.78 is 0. The summed E-state index contributed by atoms with van der Waals surface area (Å²) in [5.74, 6) is 0.553. The molecule has 1 aliphatic rings. The first-order valence-corrected chi connectivity index (χ1v) is 8.27. The molecule has 0 radical (unpaired) electrons. The van der Waals surface area contributed by atoms with Gasteiger partial charge in [-0.25, -0.2) is 0 Å². The molecular formula is C18H32O. The zero-order chi connectivity index (χ0) is 14.1. The highest BCUT2D eigenvalue weighted by atomic mass is 16.3. The summed E-state index contributed by atoms with van der Waals surface area (Å²) in [6.45, 7) is 6.76. The molecule has 0 saturated carbocycles. The molecule has 0 aromatic heterocycles. The fraction of sp³-hybridized carbons (Fsp3) is 0.778. The van der Waals surface area contributed by atoms with Gasteiger partial charge in [0, 0.05) is 0 Å². The van der Waals surface area contributed by atoms with E-state index in [2.05, 4.69) is 26.8 Å². The maximum Gasteiger partial charge on any atom is 0.114 e. The van der Waals surface area contributed by atoms with Crippen LogP contribution < -0.4 is 0 Å². The Labute approximate surface area is 119 Å². The Balaban J connectivity index is 2.74. The molecule has 1 aliphatic carbocycles. The van der Waals surface area contributed by atoms with Crippen LogP contribution >= 0.6 is 0 Å². The molecule has 0 aliphatic heterocycles. The minimum Gasteiger partial charge on any atom is -0.508 e. The topological polar surface area (TPSA) is 20.2 Å². The van der Waals surface area contributed by atoms with Crippen molar-refractivity contribution in [3.05, 3.63) is 23.5 Å². The van der Waals surface area contributed by atoms with Crippen molar-refractivity contribution in [2.75, 3.05) is 0 Å².